The number of allylic oxidation sites excluding steroid dienone is 1. The van der Waals surface area contributed by atoms with Crippen molar-refractivity contribution in [2.75, 3.05) is 7.11 Å². The maximum atomic E-state index is 10.8. The fourth-order valence-electron chi connectivity index (χ4n) is 0.902. The Kier molecular flexibility index (Phi) is 4.59. The fraction of sp³-hybridized carbons (Fsp3) is 0.667. The predicted octanol–water partition coefficient (Wildman–Crippen LogP) is 2.30. The molecule has 0 spiro atoms. The van der Waals surface area contributed by atoms with Gasteiger partial charge in [-0.1, -0.05) is 18.1 Å². The molecule has 0 saturated heterocycles. The third-order valence-electron chi connectivity index (χ3n) is 1.72. The van der Waals surface area contributed by atoms with E-state index in [2.05, 4.69) is 4.74 Å². The van der Waals surface area contributed by atoms with Gasteiger partial charge in [0.05, 0.1) is 13.5 Å². The van der Waals surface area contributed by atoms with Crippen molar-refractivity contribution in [3.8, 4) is 0 Å². The number of esters is 1. The van der Waals surface area contributed by atoms with Crippen LogP contribution in [0.5, 0.6) is 0 Å². The number of rotatable bonds is 3. The molecule has 0 atom stereocenters. The molecule has 0 aliphatic heterocycles. The minimum absolute atomic E-state index is 0.150. The van der Waals surface area contributed by atoms with E-state index in [1.807, 2.05) is 20.8 Å². The molecule has 11 heavy (non-hydrogen) atoms. The number of carbonyl (C=O) groups is 1. The number of carbonyl (C=O) groups excluding carboxylic acids is 1. The third-order valence-corrected chi connectivity index (χ3v) is 1.72. The van der Waals surface area contributed by atoms with Gasteiger partial charge in [0.1, 0.15) is 0 Å². The van der Waals surface area contributed by atoms with E-state index < -0.39 is 0 Å². The highest BCUT2D eigenvalue weighted by molar-refractivity contribution is 5.72. The Morgan fingerprint density at radius 3 is 2.18 bits per heavy atom. The van der Waals surface area contributed by atoms with E-state index >= 15 is 0 Å². The quantitative estimate of drug-likeness (QED) is 0.463. The van der Waals surface area contributed by atoms with Gasteiger partial charge < -0.3 is 4.74 Å². The van der Waals surface area contributed by atoms with Gasteiger partial charge >= 0.3 is 5.97 Å². The molecule has 0 radical (unpaired) electrons. The van der Waals surface area contributed by atoms with E-state index in [-0.39, 0.29) is 5.97 Å². The normalized spacial score (nSPS) is 9.09. The third kappa shape index (κ3) is 3.81. The van der Waals surface area contributed by atoms with Gasteiger partial charge in [-0.3, -0.25) is 4.79 Å². The fourth-order valence-corrected chi connectivity index (χ4v) is 0.902. The lowest BCUT2D eigenvalue weighted by atomic mass is 10.1. The number of ether oxygens (including phenoxy) is 1. The summed E-state index contributed by atoms with van der Waals surface area (Å²) in [5.74, 6) is -0.150. The van der Waals surface area contributed by atoms with Crippen molar-refractivity contribution in [2.24, 2.45) is 0 Å². The van der Waals surface area contributed by atoms with Crippen molar-refractivity contribution >= 4 is 5.97 Å². The Balaban J connectivity index is 4.11. The number of methoxy groups -OCH3 is 1. The van der Waals surface area contributed by atoms with E-state index in [1.165, 1.54) is 18.3 Å². The van der Waals surface area contributed by atoms with Crippen LogP contribution in [0.3, 0.4) is 0 Å². The van der Waals surface area contributed by atoms with Crippen molar-refractivity contribution in [3.63, 3.8) is 0 Å². The molecule has 0 bridgehead atoms. The molecule has 0 aromatic carbocycles. The van der Waals surface area contributed by atoms with Crippen LogP contribution in [0.4, 0.5) is 0 Å². The molecule has 0 aromatic heterocycles. The Labute approximate surface area is 68.2 Å². The van der Waals surface area contributed by atoms with Gasteiger partial charge in [0, 0.05) is 0 Å². The van der Waals surface area contributed by atoms with Crippen molar-refractivity contribution in [1.29, 1.82) is 0 Å². The lowest BCUT2D eigenvalue weighted by Gasteiger charge is -2.04. The van der Waals surface area contributed by atoms with Crippen molar-refractivity contribution in [2.45, 2.75) is 33.6 Å². The van der Waals surface area contributed by atoms with E-state index in [0.29, 0.717) is 6.42 Å². The molecule has 0 aromatic rings. The molecule has 0 amide bonds. The Morgan fingerprint density at radius 2 is 1.91 bits per heavy atom. The number of hydrogen-bond donors (Lipinski definition) is 0. The van der Waals surface area contributed by atoms with Gasteiger partial charge in [0.25, 0.3) is 0 Å². The van der Waals surface area contributed by atoms with Crippen molar-refractivity contribution in [1.82, 2.24) is 0 Å². The van der Waals surface area contributed by atoms with E-state index in [4.69, 9.17) is 0 Å². The lowest BCUT2D eigenvalue weighted by molar-refractivity contribution is -0.139. The molecule has 0 aliphatic rings. The first-order chi connectivity index (χ1) is 5.11. The summed E-state index contributed by atoms with van der Waals surface area (Å²) in [6, 6.07) is 0. The molecule has 0 N–H and O–H groups in total. The highest BCUT2D eigenvalue weighted by atomic mass is 16.5. The molecule has 0 aliphatic carbocycles. The molecular weight excluding hydrogens is 140 g/mol. The summed E-state index contributed by atoms with van der Waals surface area (Å²) >= 11 is 0. The van der Waals surface area contributed by atoms with Crippen LogP contribution in [0.15, 0.2) is 11.1 Å². The summed E-state index contributed by atoms with van der Waals surface area (Å²) in [7, 11) is 1.42. The first-order valence-corrected chi connectivity index (χ1v) is 3.83. The summed E-state index contributed by atoms with van der Waals surface area (Å²) in [6.07, 6.45) is 1.37. The van der Waals surface area contributed by atoms with Gasteiger partial charge in [0.15, 0.2) is 0 Å². The minimum Gasteiger partial charge on any atom is -0.469 e. The average molecular weight is 156 g/mol. The highest BCUT2D eigenvalue weighted by Crippen LogP contribution is 2.12. The highest BCUT2D eigenvalue weighted by Gasteiger charge is 2.04. The molecule has 0 saturated carbocycles. The second-order valence-corrected chi connectivity index (χ2v) is 2.71. The van der Waals surface area contributed by atoms with Crippen LogP contribution in [0, 0.1) is 0 Å². The van der Waals surface area contributed by atoms with Crippen molar-refractivity contribution < 1.29 is 9.53 Å². The maximum absolute atomic E-state index is 10.8. The van der Waals surface area contributed by atoms with Gasteiger partial charge in [0.2, 0.25) is 0 Å². The summed E-state index contributed by atoms with van der Waals surface area (Å²) in [5, 5.41) is 0. The van der Waals surface area contributed by atoms with Gasteiger partial charge in [-0.15, -0.1) is 0 Å². The topological polar surface area (TPSA) is 26.3 Å². The van der Waals surface area contributed by atoms with Crippen LogP contribution < -0.4 is 0 Å². The van der Waals surface area contributed by atoms with E-state index in [0.717, 1.165) is 6.42 Å². The average Bonchev–Trinajstić information content (AvgIpc) is 1.99. The monoisotopic (exact) mass is 156 g/mol. The molecule has 0 unspecified atom stereocenters. The predicted molar refractivity (Wildman–Crippen MR) is 45.3 cm³/mol. The molecule has 64 valence electrons. The van der Waals surface area contributed by atoms with E-state index in [1.54, 1.807) is 0 Å². The van der Waals surface area contributed by atoms with Crippen LogP contribution in [0.2, 0.25) is 0 Å². The summed E-state index contributed by atoms with van der Waals surface area (Å²) in [5.41, 5.74) is 2.40. The molecule has 0 heterocycles. The minimum atomic E-state index is -0.150. The standard InChI is InChI=1S/C9H16O2/c1-5-8(7(2)3)6-9(10)11-4/h5-6H2,1-4H3. The molecule has 0 fully saturated rings. The second-order valence-electron chi connectivity index (χ2n) is 2.71. The Morgan fingerprint density at radius 1 is 1.36 bits per heavy atom. The molecular formula is C9H16O2. The Bertz CT molecular complexity index is 164. The zero-order chi connectivity index (χ0) is 8.85. The zero-order valence-electron chi connectivity index (χ0n) is 7.73. The largest absolute Gasteiger partial charge is 0.469 e. The van der Waals surface area contributed by atoms with Crippen molar-refractivity contribution in [3.05, 3.63) is 11.1 Å². The van der Waals surface area contributed by atoms with E-state index in [9.17, 15) is 4.79 Å². The SMILES string of the molecule is CCC(CC(=O)OC)=C(C)C. The molecule has 2 heteroatoms. The molecule has 0 rings (SSSR count). The van der Waals surface area contributed by atoms with Gasteiger partial charge in [-0.2, -0.15) is 0 Å². The van der Waals surface area contributed by atoms with Crippen LogP contribution in [-0.4, -0.2) is 13.1 Å². The smallest absolute Gasteiger partial charge is 0.309 e. The van der Waals surface area contributed by atoms with Gasteiger partial charge in [-0.05, 0) is 20.3 Å². The number of hydrogen-bond acceptors (Lipinski definition) is 2. The maximum Gasteiger partial charge on any atom is 0.309 e. The van der Waals surface area contributed by atoms with Crippen LogP contribution in [-0.2, 0) is 9.53 Å². The first-order valence-electron chi connectivity index (χ1n) is 3.83. The van der Waals surface area contributed by atoms with Crippen LogP contribution in [0.1, 0.15) is 33.6 Å². The summed E-state index contributed by atoms with van der Waals surface area (Å²) in [6.45, 7) is 6.08. The summed E-state index contributed by atoms with van der Waals surface area (Å²) < 4.78 is 4.56. The molecule has 2 nitrogen and oxygen atoms in total. The first kappa shape index (κ1) is 10.2. The summed E-state index contributed by atoms with van der Waals surface area (Å²) in [4.78, 5) is 10.8. The second kappa shape index (κ2) is 4.94. The van der Waals surface area contributed by atoms with Crippen LogP contribution >= 0.6 is 0 Å². The Hall–Kier alpha value is -0.790. The van der Waals surface area contributed by atoms with Crippen LogP contribution in [0.25, 0.3) is 0 Å². The zero-order valence-corrected chi connectivity index (χ0v) is 7.73. The van der Waals surface area contributed by atoms with Gasteiger partial charge in [-0.25, -0.2) is 0 Å². The lowest BCUT2D eigenvalue weighted by Crippen LogP contribution is -2.02.